The third kappa shape index (κ3) is 1.78. The highest BCUT2D eigenvalue weighted by atomic mass is 79.9. The monoisotopic (exact) mass is 330 g/mol. The minimum atomic E-state index is -1.01. The Morgan fingerprint density at radius 2 is 1.25 bits per heavy atom. The summed E-state index contributed by atoms with van der Waals surface area (Å²) in [6.45, 7) is 4.39. The second-order valence-corrected chi connectivity index (χ2v) is 7.66. The Balaban J connectivity index is 2.20. The molecule has 0 heterocycles. The predicted octanol–water partition coefficient (Wildman–Crippen LogP) is 4.49. The molecule has 1 aliphatic rings. The van der Waals surface area contributed by atoms with Gasteiger partial charge in [-0.25, -0.2) is 0 Å². The fourth-order valence-corrected chi connectivity index (χ4v) is 4.32. The number of hydrogen-bond acceptors (Lipinski definition) is 1. The molecule has 1 unspecified atom stereocenters. The van der Waals surface area contributed by atoms with Crippen LogP contribution in [0.4, 0.5) is 0 Å². The third-order valence-corrected chi connectivity index (χ3v) is 6.52. The number of halogens is 1. The Hall–Kier alpha value is -1.12. The first-order valence-electron chi connectivity index (χ1n) is 6.94. The molecule has 1 atom stereocenters. The highest BCUT2D eigenvalue weighted by Gasteiger charge is 2.71. The highest BCUT2D eigenvalue weighted by molar-refractivity contribution is 9.10. The second kappa shape index (κ2) is 4.44. The molecule has 1 fully saturated rings. The molecule has 2 heteroatoms. The Morgan fingerprint density at radius 1 is 0.900 bits per heavy atom. The largest absolute Gasteiger partial charge is 0.379 e. The van der Waals surface area contributed by atoms with Crippen LogP contribution in [0.15, 0.2) is 60.7 Å². The van der Waals surface area contributed by atoms with Crippen LogP contribution in [0.5, 0.6) is 0 Å². The summed E-state index contributed by atoms with van der Waals surface area (Å²) in [4.78, 5) is 0. The first-order chi connectivity index (χ1) is 9.42. The summed E-state index contributed by atoms with van der Waals surface area (Å²) in [7, 11) is 0. The van der Waals surface area contributed by atoms with E-state index < -0.39 is 5.60 Å². The Labute approximate surface area is 128 Å². The van der Waals surface area contributed by atoms with E-state index in [9.17, 15) is 5.11 Å². The minimum Gasteiger partial charge on any atom is -0.379 e. The topological polar surface area (TPSA) is 20.2 Å². The summed E-state index contributed by atoms with van der Waals surface area (Å²) in [5, 5.41) is 11.6. The Bertz CT molecular complexity index is 566. The van der Waals surface area contributed by atoms with Crippen LogP contribution in [0.2, 0.25) is 0 Å². The van der Waals surface area contributed by atoms with E-state index in [0.29, 0.717) is 0 Å². The van der Waals surface area contributed by atoms with Crippen LogP contribution in [0.25, 0.3) is 0 Å². The van der Waals surface area contributed by atoms with Gasteiger partial charge in [-0.15, -0.1) is 0 Å². The van der Waals surface area contributed by atoms with Crippen molar-refractivity contribution in [3.8, 4) is 0 Å². The summed E-state index contributed by atoms with van der Waals surface area (Å²) in [6.07, 6.45) is 0.945. The molecule has 3 rings (SSSR count). The fraction of sp³-hybridized carbons (Fsp3) is 0.333. The molecule has 0 aliphatic heterocycles. The lowest BCUT2D eigenvalue weighted by Crippen LogP contribution is -2.41. The van der Waals surface area contributed by atoms with E-state index in [2.05, 4.69) is 29.8 Å². The van der Waals surface area contributed by atoms with Crippen molar-refractivity contribution in [3.05, 3.63) is 71.8 Å². The van der Waals surface area contributed by atoms with Gasteiger partial charge in [0.25, 0.3) is 0 Å². The molecule has 1 N–H and O–H groups in total. The maximum Gasteiger partial charge on any atom is 0.130 e. The molecule has 104 valence electrons. The molecule has 0 saturated heterocycles. The minimum absolute atomic E-state index is 0.0629. The van der Waals surface area contributed by atoms with Crippen LogP contribution in [0, 0.1) is 5.41 Å². The maximum atomic E-state index is 11.6. The molecule has 2 aromatic rings. The molecular formula is C18H19BrO. The van der Waals surface area contributed by atoms with Gasteiger partial charge in [0.2, 0.25) is 0 Å². The smallest absolute Gasteiger partial charge is 0.130 e. The number of rotatable bonds is 3. The molecule has 1 nitrogen and oxygen atoms in total. The first kappa shape index (κ1) is 13.8. The van der Waals surface area contributed by atoms with Gasteiger partial charge in [-0.05, 0) is 23.0 Å². The quantitative estimate of drug-likeness (QED) is 0.822. The lowest BCUT2D eigenvalue weighted by Gasteiger charge is -2.37. The van der Waals surface area contributed by atoms with Gasteiger partial charge in [-0.3, -0.25) is 0 Å². The van der Waals surface area contributed by atoms with E-state index in [0.717, 1.165) is 17.5 Å². The van der Waals surface area contributed by atoms with Crippen molar-refractivity contribution in [1.82, 2.24) is 0 Å². The zero-order valence-electron chi connectivity index (χ0n) is 11.8. The molecule has 1 saturated carbocycles. The molecule has 1 aliphatic carbocycles. The Kier molecular flexibility index (Phi) is 3.07. The summed E-state index contributed by atoms with van der Waals surface area (Å²) in [5.74, 6) is 0. The number of benzene rings is 2. The highest BCUT2D eigenvalue weighted by Crippen LogP contribution is 2.70. The lowest BCUT2D eigenvalue weighted by atomic mass is 9.79. The van der Waals surface area contributed by atoms with Gasteiger partial charge in [-0.2, -0.15) is 0 Å². The SMILES string of the molecule is CC1(C)CC1(Br)C(O)(c1ccccc1)c1ccccc1. The van der Waals surface area contributed by atoms with Crippen LogP contribution >= 0.6 is 15.9 Å². The molecule has 20 heavy (non-hydrogen) atoms. The molecule has 0 radical (unpaired) electrons. The lowest BCUT2D eigenvalue weighted by molar-refractivity contribution is 0.0613. The zero-order chi connectivity index (χ0) is 14.4. The average Bonchev–Trinajstić information content (AvgIpc) is 3.00. The van der Waals surface area contributed by atoms with Crippen LogP contribution in [0.3, 0.4) is 0 Å². The van der Waals surface area contributed by atoms with Gasteiger partial charge in [-0.1, -0.05) is 90.4 Å². The van der Waals surface area contributed by atoms with Crippen molar-refractivity contribution in [2.75, 3.05) is 0 Å². The van der Waals surface area contributed by atoms with Gasteiger partial charge in [0.1, 0.15) is 5.60 Å². The van der Waals surface area contributed by atoms with E-state index in [1.165, 1.54) is 0 Å². The van der Waals surface area contributed by atoms with Gasteiger partial charge in [0.05, 0.1) is 4.32 Å². The molecule has 2 aromatic carbocycles. The molecule has 0 bridgehead atoms. The van der Waals surface area contributed by atoms with Crippen LogP contribution in [0.1, 0.15) is 31.4 Å². The van der Waals surface area contributed by atoms with Crippen molar-refractivity contribution in [2.24, 2.45) is 5.41 Å². The van der Waals surface area contributed by atoms with E-state index in [-0.39, 0.29) is 9.74 Å². The summed E-state index contributed by atoms with van der Waals surface area (Å²) in [6, 6.07) is 19.9. The summed E-state index contributed by atoms with van der Waals surface area (Å²) < 4.78 is -0.324. The number of alkyl halides is 1. The van der Waals surface area contributed by atoms with Gasteiger partial charge in [0, 0.05) is 0 Å². The van der Waals surface area contributed by atoms with Crippen LogP contribution in [-0.2, 0) is 5.60 Å². The normalized spacial score (nSPS) is 24.4. The van der Waals surface area contributed by atoms with Gasteiger partial charge in [0.15, 0.2) is 0 Å². The maximum absolute atomic E-state index is 11.6. The summed E-state index contributed by atoms with van der Waals surface area (Å²) >= 11 is 3.86. The molecule has 0 amide bonds. The molecular weight excluding hydrogens is 312 g/mol. The first-order valence-corrected chi connectivity index (χ1v) is 7.73. The van der Waals surface area contributed by atoms with Crippen molar-refractivity contribution < 1.29 is 5.11 Å². The van der Waals surface area contributed by atoms with Crippen molar-refractivity contribution in [3.63, 3.8) is 0 Å². The van der Waals surface area contributed by atoms with E-state index >= 15 is 0 Å². The molecule has 0 spiro atoms. The average molecular weight is 331 g/mol. The van der Waals surface area contributed by atoms with Gasteiger partial charge >= 0.3 is 0 Å². The number of aliphatic hydroxyl groups is 1. The van der Waals surface area contributed by atoms with E-state index in [4.69, 9.17) is 0 Å². The van der Waals surface area contributed by atoms with Crippen LogP contribution < -0.4 is 0 Å². The van der Waals surface area contributed by atoms with Gasteiger partial charge < -0.3 is 5.11 Å². The van der Waals surface area contributed by atoms with Crippen molar-refractivity contribution in [2.45, 2.75) is 30.2 Å². The standard InChI is InChI=1S/C18H19BrO/c1-16(2)13-17(16,19)18(20,14-9-5-3-6-10-14)15-11-7-4-8-12-15/h3-12,20H,13H2,1-2H3. The third-order valence-electron chi connectivity index (χ3n) is 4.59. The van der Waals surface area contributed by atoms with E-state index in [1.807, 2.05) is 60.7 Å². The van der Waals surface area contributed by atoms with Crippen LogP contribution in [-0.4, -0.2) is 9.43 Å². The van der Waals surface area contributed by atoms with E-state index in [1.54, 1.807) is 0 Å². The van der Waals surface area contributed by atoms with Crippen molar-refractivity contribution in [1.29, 1.82) is 0 Å². The number of hydrogen-bond donors (Lipinski definition) is 1. The summed E-state index contributed by atoms with van der Waals surface area (Å²) in [5.41, 5.74) is 0.925. The zero-order valence-corrected chi connectivity index (χ0v) is 13.4. The predicted molar refractivity (Wildman–Crippen MR) is 85.9 cm³/mol. The molecule has 0 aromatic heterocycles. The fourth-order valence-electron chi connectivity index (χ4n) is 3.17. The second-order valence-electron chi connectivity index (χ2n) is 6.30. The Morgan fingerprint density at radius 3 is 1.55 bits per heavy atom. The van der Waals surface area contributed by atoms with Crippen molar-refractivity contribution >= 4 is 15.9 Å².